The Morgan fingerprint density at radius 3 is 2.69 bits per heavy atom. The summed E-state index contributed by atoms with van der Waals surface area (Å²) in [5.74, 6) is 2.21. The van der Waals surface area contributed by atoms with Crippen molar-refractivity contribution in [3.63, 3.8) is 0 Å². The van der Waals surface area contributed by atoms with Crippen molar-refractivity contribution in [2.75, 3.05) is 19.7 Å². The van der Waals surface area contributed by atoms with Crippen molar-refractivity contribution in [1.29, 1.82) is 0 Å². The van der Waals surface area contributed by atoms with Crippen molar-refractivity contribution < 1.29 is 9.53 Å². The molecule has 10 heteroatoms. The number of rotatable bonds is 5. The standard InChI is InChI=1S/C22H23N7O2S/c1-15-23-16(2)28(25-15)14-18-13-27(10-11-31-18)22(30)20-24-21(19-9-6-12-32-19)29(26-20)17-7-4-3-5-8-17/h3-9,12,18H,10-11,13-14H2,1-2H3. The molecule has 0 radical (unpaired) electrons. The van der Waals surface area contributed by atoms with Crippen LogP contribution in [0.4, 0.5) is 0 Å². The smallest absolute Gasteiger partial charge is 0.293 e. The van der Waals surface area contributed by atoms with Crippen LogP contribution in [0.5, 0.6) is 0 Å². The second-order valence-electron chi connectivity index (χ2n) is 7.62. The average Bonchev–Trinajstić information content (AvgIpc) is 3.54. The van der Waals surface area contributed by atoms with E-state index >= 15 is 0 Å². The van der Waals surface area contributed by atoms with Crippen LogP contribution in [0.1, 0.15) is 22.3 Å². The van der Waals surface area contributed by atoms with E-state index in [2.05, 4.69) is 20.2 Å². The molecule has 5 rings (SSSR count). The maximum atomic E-state index is 13.3. The molecule has 0 N–H and O–H groups in total. The van der Waals surface area contributed by atoms with Gasteiger partial charge in [0, 0.05) is 13.1 Å². The number of carbonyl (C=O) groups excluding carboxylic acids is 1. The normalized spacial score (nSPS) is 16.4. The lowest BCUT2D eigenvalue weighted by molar-refractivity contribution is -0.0306. The third-order valence-electron chi connectivity index (χ3n) is 5.31. The van der Waals surface area contributed by atoms with E-state index < -0.39 is 0 Å². The van der Waals surface area contributed by atoms with Crippen molar-refractivity contribution >= 4 is 17.2 Å². The molecule has 1 aliphatic heterocycles. The molecule has 0 aliphatic carbocycles. The third-order valence-corrected chi connectivity index (χ3v) is 6.17. The van der Waals surface area contributed by atoms with Gasteiger partial charge in [-0.1, -0.05) is 24.3 Å². The van der Waals surface area contributed by atoms with Crippen LogP contribution in [-0.2, 0) is 11.3 Å². The van der Waals surface area contributed by atoms with Gasteiger partial charge in [-0.25, -0.2) is 19.3 Å². The van der Waals surface area contributed by atoms with E-state index in [1.54, 1.807) is 20.9 Å². The second-order valence-corrected chi connectivity index (χ2v) is 8.56. The number of hydrogen-bond acceptors (Lipinski definition) is 7. The van der Waals surface area contributed by atoms with Gasteiger partial charge < -0.3 is 9.64 Å². The first-order valence-electron chi connectivity index (χ1n) is 10.4. The lowest BCUT2D eigenvalue weighted by atomic mass is 10.2. The van der Waals surface area contributed by atoms with Crippen molar-refractivity contribution in [2.45, 2.75) is 26.5 Å². The number of nitrogens with zero attached hydrogens (tertiary/aromatic N) is 7. The van der Waals surface area contributed by atoms with Gasteiger partial charge in [0.1, 0.15) is 11.6 Å². The minimum atomic E-state index is -0.197. The number of ether oxygens (including phenoxy) is 1. The molecule has 0 spiro atoms. The highest BCUT2D eigenvalue weighted by molar-refractivity contribution is 7.13. The topological polar surface area (TPSA) is 91.0 Å². The van der Waals surface area contributed by atoms with E-state index in [1.165, 1.54) is 0 Å². The summed E-state index contributed by atoms with van der Waals surface area (Å²) in [5.41, 5.74) is 0.860. The lowest BCUT2D eigenvalue weighted by Gasteiger charge is -2.32. The monoisotopic (exact) mass is 449 g/mol. The fourth-order valence-corrected chi connectivity index (χ4v) is 4.50. The van der Waals surface area contributed by atoms with Gasteiger partial charge in [0.05, 0.1) is 29.8 Å². The Balaban J connectivity index is 1.39. The number of morpholine rings is 1. The van der Waals surface area contributed by atoms with Crippen LogP contribution < -0.4 is 0 Å². The van der Waals surface area contributed by atoms with Gasteiger partial charge in [-0.3, -0.25) is 4.79 Å². The minimum Gasteiger partial charge on any atom is -0.373 e. The van der Waals surface area contributed by atoms with Crippen molar-refractivity contribution in [2.24, 2.45) is 0 Å². The molecular weight excluding hydrogens is 426 g/mol. The molecule has 1 aromatic carbocycles. The first kappa shape index (κ1) is 20.5. The highest BCUT2D eigenvalue weighted by Gasteiger charge is 2.29. The van der Waals surface area contributed by atoms with Crippen molar-refractivity contribution in [3.8, 4) is 16.4 Å². The molecule has 4 aromatic rings. The molecule has 9 nitrogen and oxygen atoms in total. The molecule has 1 amide bonds. The number of carbonyl (C=O) groups is 1. The molecule has 32 heavy (non-hydrogen) atoms. The number of thiophene rings is 1. The molecule has 164 valence electrons. The maximum absolute atomic E-state index is 13.3. The van der Waals surface area contributed by atoms with Gasteiger partial charge in [0.2, 0.25) is 5.82 Å². The molecule has 0 saturated carbocycles. The highest BCUT2D eigenvalue weighted by Crippen LogP contribution is 2.26. The molecule has 1 fully saturated rings. The maximum Gasteiger partial charge on any atom is 0.293 e. The van der Waals surface area contributed by atoms with Crippen LogP contribution in [0.15, 0.2) is 47.8 Å². The fourth-order valence-electron chi connectivity index (χ4n) is 3.80. The minimum absolute atomic E-state index is 0.166. The average molecular weight is 450 g/mol. The van der Waals surface area contributed by atoms with Gasteiger partial charge in [0.25, 0.3) is 5.91 Å². The van der Waals surface area contributed by atoms with E-state index in [-0.39, 0.29) is 17.8 Å². The fraction of sp³-hybridized carbons (Fsp3) is 0.318. The van der Waals surface area contributed by atoms with E-state index in [0.717, 1.165) is 22.2 Å². The lowest BCUT2D eigenvalue weighted by Crippen LogP contribution is -2.47. The van der Waals surface area contributed by atoms with Crippen LogP contribution in [0.3, 0.4) is 0 Å². The van der Waals surface area contributed by atoms with Crippen LogP contribution in [-0.4, -0.2) is 66.1 Å². The molecule has 1 saturated heterocycles. The van der Waals surface area contributed by atoms with Crippen LogP contribution in [0.25, 0.3) is 16.4 Å². The number of aromatic nitrogens is 6. The molecular formula is C22H23N7O2S. The first-order valence-corrected chi connectivity index (χ1v) is 11.3. The summed E-state index contributed by atoms with van der Waals surface area (Å²) in [5, 5.41) is 11.0. The summed E-state index contributed by atoms with van der Waals surface area (Å²) in [7, 11) is 0. The zero-order valence-corrected chi connectivity index (χ0v) is 18.7. The largest absolute Gasteiger partial charge is 0.373 e. The van der Waals surface area contributed by atoms with Crippen molar-refractivity contribution in [1.82, 2.24) is 34.4 Å². The van der Waals surface area contributed by atoms with E-state index in [4.69, 9.17) is 4.74 Å². The van der Waals surface area contributed by atoms with Gasteiger partial charge >= 0.3 is 0 Å². The summed E-state index contributed by atoms with van der Waals surface area (Å²) in [6, 6.07) is 13.7. The number of para-hydroxylation sites is 1. The van der Waals surface area contributed by atoms with Gasteiger partial charge in [-0.15, -0.1) is 16.4 Å². The quantitative estimate of drug-likeness (QED) is 0.465. The van der Waals surface area contributed by atoms with Gasteiger partial charge in [-0.2, -0.15) is 5.10 Å². The first-order chi connectivity index (χ1) is 15.6. The Hall–Kier alpha value is -3.37. The zero-order chi connectivity index (χ0) is 22.1. The summed E-state index contributed by atoms with van der Waals surface area (Å²) < 4.78 is 9.45. The SMILES string of the molecule is Cc1nc(C)n(CC2CN(C(=O)c3nc(-c4cccs4)n(-c4ccccc4)n3)CCO2)n1. The molecule has 4 heterocycles. The number of aryl methyl sites for hydroxylation is 2. The summed E-state index contributed by atoms with van der Waals surface area (Å²) in [6.45, 7) is 5.73. The number of hydrogen-bond donors (Lipinski definition) is 0. The summed E-state index contributed by atoms with van der Waals surface area (Å²) >= 11 is 1.57. The Morgan fingerprint density at radius 2 is 1.97 bits per heavy atom. The molecule has 1 aliphatic rings. The predicted molar refractivity (Wildman–Crippen MR) is 120 cm³/mol. The Morgan fingerprint density at radius 1 is 1.12 bits per heavy atom. The molecule has 0 bridgehead atoms. The van der Waals surface area contributed by atoms with Crippen molar-refractivity contribution in [3.05, 3.63) is 65.3 Å². The summed E-state index contributed by atoms with van der Waals surface area (Å²) in [6.07, 6.45) is -0.166. The van der Waals surface area contributed by atoms with Crippen LogP contribution >= 0.6 is 11.3 Å². The van der Waals surface area contributed by atoms with Crippen LogP contribution in [0, 0.1) is 13.8 Å². The highest BCUT2D eigenvalue weighted by atomic mass is 32.1. The zero-order valence-electron chi connectivity index (χ0n) is 17.9. The predicted octanol–water partition coefficient (Wildman–Crippen LogP) is 2.75. The second kappa shape index (κ2) is 8.64. The van der Waals surface area contributed by atoms with E-state index in [1.807, 2.05) is 66.4 Å². The molecule has 1 unspecified atom stereocenters. The number of amides is 1. The Kier molecular flexibility index (Phi) is 5.54. The van der Waals surface area contributed by atoms with E-state index in [0.29, 0.717) is 32.1 Å². The third kappa shape index (κ3) is 4.06. The van der Waals surface area contributed by atoms with Gasteiger partial charge in [0.15, 0.2) is 5.82 Å². The number of benzene rings is 1. The Labute approximate surface area is 189 Å². The molecule has 1 atom stereocenters. The summed E-state index contributed by atoms with van der Waals surface area (Å²) in [4.78, 5) is 25.0. The van der Waals surface area contributed by atoms with Crippen LogP contribution in [0.2, 0.25) is 0 Å². The van der Waals surface area contributed by atoms with E-state index in [9.17, 15) is 4.79 Å². The van der Waals surface area contributed by atoms with Gasteiger partial charge in [-0.05, 0) is 37.4 Å². The Bertz CT molecular complexity index is 1220. The molecule has 3 aromatic heterocycles.